The number of hydrogen-bond donors (Lipinski definition) is 0. The molecule has 0 atom stereocenters. The van der Waals surface area contributed by atoms with Crippen molar-refractivity contribution >= 4 is 0 Å². The van der Waals surface area contributed by atoms with Gasteiger partial charge in [-0.05, 0) is 47.2 Å². The SMILES string of the molecule is c1ccc(-[n+]2ccc(-c3cc[n+](CC4CCCC4)cc3)cc2)nc1. The van der Waals surface area contributed by atoms with E-state index >= 15 is 0 Å². The van der Waals surface area contributed by atoms with Crippen LogP contribution in [0.5, 0.6) is 0 Å². The van der Waals surface area contributed by atoms with Crippen molar-refractivity contribution in [3.8, 4) is 16.9 Å². The molecule has 1 saturated carbocycles. The summed E-state index contributed by atoms with van der Waals surface area (Å²) in [6.45, 7) is 1.16. The smallest absolute Gasteiger partial charge is 0.205 e. The number of aromatic nitrogens is 3. The van der Waals surface area contributed by atoms with Gasteiger partial charge >= 0.3 is 5.82 Å². The Bertz CT molecular complexity index is 774. The van der Waals surface area contributed by atoms with Gasteiger partial charge in [0.1, 0.15) is 6.20 Å². The van der Waals surface area contributed by atoms with Crippen LogP contribution >= 0.6 is 0 Å². The molecular weight excluding hydrogens is 294 g/mol. The van der Waals surface area contributed by atoms with Crippen molar-refractivity contribution in [3.05, 3.63) is 73.4 Å². The molecular formula is C21H23N3+2. The molecule has 0 bridgehead atoms. The van der Waals surface area contributed by atoms with E-state index in [0.29, 0.717) is 0 Å². The molecule has 0 saturated heterocycles. The summed E-state index contributed by atoms with van der Waals surface area (Å²) in [5, 5.41) is 0. The van der Waals surface area contributed by atoms with E-state index < -0.39 is 0 Å². The van der Waals surface area contributed by atoms with Crippen molar-refractivity contribution in [2.24, 2.45) is 5.92 Å². The first-order chi connectivity index (χ1) is 11.9. The Balaban J connectivity index is 1.49. The number of nitrogens with zero attached hydrogens (tertiary/aromatic N) is 3. The summed E-state index contributed by atoms with van der Waals surface area (Å²) in [6.07, 6.45) is 16.0. The van der Waals surface area contributed by atoms with Crippen molar-refractivity contribution in [3.63, 3.8) is 0 Å². The van der Waals surface area contributed by atoms with Crippen LogP contribution < -0.4 is 9.13 Å². The molecule has 0 N–H and O–H groups in total. The quantitative estimate of drug-likeness (QED) is 0.675. The highest BCUT2D eigenvalue weighted by Crippen LogP contribution is 2.24. The lowest BCUT2D eigenvalue weighted by molar-refractivity contribution is -0.703. The zero-order chi connectivity index (χ0) is 16.2. The highest BCUT2D eigenvalue weighted by Gasteiger charge is 2.19. The predicted molar refractivity (Wildman–Crippen MR) is 93.4 cm³/mol. The van der Waals surface area contributed by atoms with Gasteiger partial charge in [0.15, 0.2) is 18.9 Å². The van der Waals surface area contributed by atoms with Gasteiger partial charge in [-0.25, -0.2) is 9.13 Å². The predicted octanol–water partition coefficient (Wildman–Crippen LogP) is 3.50. The van der Waals surface area contributed by atoms with Crippen LogP contribution in [-0.4, -0.2) is 4.98 Å². The molecule has 0 unspecified atom stereocenters. The Morgan fingerprint density at radius 1 is 0.833 bits per heavy atom. The lowest BCUT2D eigenvalue weighted by Gasteiger charge is -2.05. The summed E-state index contributed by atoms with van der Waals surface area (Å²) >= 11 is 0. The van der Waals surface area contributed by atoms with E-state index in [2.05, 4.69) is 58.6 Å². The number of pyridine rings is 3. The fraction of sp³-hybridized carbons (Fsp3) is 0.286. The minimum absolute atomic E-state index is 0.870. The fourth-order valence-electron chi connectivity index (χ4n) is 3.54. The van der Waals surface area contributed by atoms with Crippen molar-refractivity contribution in [1.29, 1.82) is 0 Å². The monoisotopic (exact) mass is 317 g/mol. The van der Waals surface area contributed by atoms with Gasteiger partial charge in [-0.3, -0.25) is 0 Å². The van der Waals surface area contributed by atoms with Gasteiger partial charge in [-0.2, -0.15) is 0 Å². The second-order valence-electron chi connectivity index (χ2n) is 6.62. The summed E-state index contributed by atoms with van der Waals surface area (Å²) in [4.78, 5) is 4.37. The van der Waals surface area contributed by atoms with E-state index in [0.717, 1.165) is 18.3 Å². The Labute approximate surface area is 143 Å². The molecule has 3 aromatic rings. The van der Waals surface area contributed by atoms with E-state index in [1.807, 2.05) is 29.0 Å². The molecule has 0 aromatic carbocycles. The zero-order valence-corrected chi connectivity index (χ0v) is 13.9. The molecule has 3 aromatic heterocycles. The van der Waals surface area contributed by atoms with Crippen molar-refractivity contribution < 1.29 is 9.13 Å². The Morgan fingerprint density at radius 2 is 1.50 bits per heavy atom. The molecule has 0 radical (unpaired) electrons. The molecule has 0 spiro atoms. The maximum absolute atomic E-state index is 4.37. The van der Waals surface area contributed by atoms with E-state index in [-0.39, 0.29) is 0 Å². The molecule has 3 nitrogen and oxygen atoms in total. The molecule has 1 aliphatic carbocycles. The highest BCUT2D eigenvalue weighted by molar-refractivity contribution is 5.61. The first-order valence-corrected chi connectivity index (χ1v) is 8.81. The first-order valence-electron chi connectivity index (χ1n) is 8.81. The second kappa shape index (κ2) is 6.91. The van der Waals surface area contributed by atoms with Crippen LogP contribution in [0.3, 0.4) is 0 Å². The zero-order valence-electron chi connectivity index (χ0n) is 13.9. The average molecular weight is 317 g/mol. The normalized spacial score (nSPS) is 14.8. The average Bonchev–Trinajstić information content (AvgIpc) is 3.16. The number of hydrogen-bond acceptors (Lipinski definition) is 1. The highest BCUT2D eigenvalue weighted by atomic mass is 15.0. The topological polar surface area (TPSA) is 20.6 Å². The van der Waals surface area contributed by atoms with E-state index in [4.69, 9.17) is 0 Å². The Hall–Kier alpha value is -2.55. The van der Waals surface area contributed by atoms with Gasteiger partial charge in [0.25, 0.3) is 0 Å². The summed E-state index contributed by atoms with van der Waals surface area (Å²) in [6, 6.07) is 14.7. The summed E-state index contributed by atoms with van der Waals surface area (Å²) in [7, 11) is 0. The minimum atomic E-state index is 0.870. The number of rotatable bonds is 4. The van der Waals surface area contributed by atoms with Crippen LogP contribution in [0, 0.1) is 5.92 Å². The molecule has 1 aliphatic rings. The first kappa shape index (κ1) is 15.0. The van der Waals surface area contributed by atoms with Crippen LogP contribution in [0.15, 0.2) is 73.4 Å². The van der Waals surface area contributed by atoms with Crippen molar-refractivity contribution in [2.75, 3.05) is 0 Å². The molecule has 0 amide bonds. The minimum Gasteiger partial charge on any atom is -0.205 e. The van der Waals surface area contributed by atoms with E-state index in [9.17, 15) is 0 Å². The summed E-state index contributed by atoms with van der Waals surface area (Å²) in [5.74, 6) is 1.81. The van der Waals surface area contributed by atoms with E-state index in [1.54, 1.807) is 0 Å². The van der Waals surface area contributed by atoms with Crippen molar-refractivity contribution in [1.82, 2.24) is 4.98 Å². The summed E-state index contributed by atoms with van der Waals surface area (Å²) < 4.78 is 4.36. The molecule has 0 aliphatic heterocycles. The molecule has 3 heteroatoms. The van der Waals surface area contributed by atoms with Crippen LogP contribution in [0.4, 0.5) is 0 Å². The van der Waals surface area contributed by atoms with Crippen LogP contribution in [-0.2, 0) is 6.54 Å². The molecule has 1 fully saturated rings. The lowest BCUT2D eigenvalue weighted by Crippen LogP contribution is -2.36. The molecule has 120 valence electrons. The lowest BCUT2D eigenvalue weighted by atomic mass is 10.1. The third kappa shape index (κ3) is 3.35. The van der Waals surface area contributed by atoms with Crippen LogP contribution in [0.2, 0.25) is 0 Å². The Morgan fingerprint density at radius 3 is 2.12 bits per heavy atom. The largest absolute Gasteiger partial charge is 0.327 e. The maximum Gasteiger partial charge on any atom is 0.327 e. The van der Waals surface area contributed by atoms with Gasteiger partial charge in [-0.1, -0.05) is 18.9 Å². The van der Waals surface area contributed by atoms with Gasteiger partial charge < -0.3 is 0 Å². The molecule has 3 heterocycles. The maximum atomic E-state index is 4.37. The van der Waals surface area contributed by atoms with Gasteiger partial charge in [0, 0.05) is 24.1 Å². The Kier molecular flexibility index (Phi) is 4.32. The third-order valence-corrected chi connectivity index (χ3v) is 4.91. The van der Waals surface area contributed by atoms with Gasteiger partial charge in [-0.15, -0.1) is 0 Å². The van der Waals surface area contributed by atoms with Crippen LogP contribution in [0.1, 0.15) is 25.7 Å². The fourth-order valence-corrected chi connectivity index (χ4v) is 3.54. The van der Waals surface area contributed by atoms with Gasteiger partial charge in [0.2, 0.25) is 0 Å². The summed E-state index contributed by atoms with van der Waals surface area (Å²) in [5.41, 5.74) is 2.49. The van der Waals surface area contributed by atoms with Gasteiger partial charge in [0.05, 0.1) is 12.4 Å². The standard InChI is InChI=1S/C21H23N3/c1-2-6-18(5-1)17-23-13-8-19(9-14-23)20-10-15-24(16-11-20)21-7-3-4-12-22-21/h3-4,7-16,18H,1-2,5-6,17H2/q+2. The van der Waals surface area contributed by atoms with Crippen LogP contribution in [0.25, 0.3) is 16.9 Å². The second-order valence-corrected chi connectivity index (χ2v) is 6.62. The molecule has 4 rings (SSSR count). The third-order valence-electron chi connectivity index (χ3n) is 4.91. The van der Waals surface area contributed by atoms with E-state index in [1.165, 1.54) is 36.8 Å². The molecule has 24 heavy (non-hydrogen) atoms. The van der Waals surface area contributed by atoms with Crippen molar-refractivity contribution in [2.45, 2.75) is 32.2 Å².